The number of aromatic hydroxyl groups is 5. The van der Waals surface area contributed by atoms with Crippen LogP contribution in [0.4, 0.5) is 0 Å². The van der Waals surface area contributed by atoms with E-state index in [4.69, 9.17) is 9.15 Å². The number of phenolic OH excluding ortho intramolecular Hbond substituents is 4. The Hall–Kier alpha value is -4.67. The molecule has 11 nitrogen and oxygen atoms in total. The molecule has 0 saturated carbocycles. The molecule has 0 spiro atoms. The molecule has 34 heavy (non-hydrogen) atoms. The molecule has 0 bridgehead atoms. The molecule has 0 aliphatic heterocycles. The number of nitrogens with zero attached hydrogens (tertiary/aromatic N) is 2. The molecule has 2 heterocycles. The number of ether oxygens (including phenoxy) is 1. The van der Waals surface area contributed by atoms with E-state index in [2.05, 4.69) is 5.10 Å². The van der Waals surface area contributed by atoms with Crippen molar-refractivity contribution in [1.29, 1.82) is 0 Å². The number of carbonyl (C=O) groups is 1. The van der Waals surface area contributed by atoms with Gasteiger partial charge in [-0.25, -0.2) is 0 Å². The first-order valence-corrected chi connectivity index (χ1v) is 9.95. The van der Waals surface area contributed by atoms with Crippen molar-refractivity contribution in [2.75, 3.05) is 7.11 Å². The Balaban J connectivity index is 2.10. The highest BCUT2D eigenvalue weighted by Gasteiger charge is 2.31. The van der Waals surface area contributed by atoms with Gasteiger partial charge in [-0.15, -0.1) is 0 Å². The lowest BCUT2D eigenvalue weighted by molar-refractivity contribution is -0.140. The van der Waals surface area contributed by atoms with Crippen LogP contribution in [0.25, 0.3) is 22.3 Å². The van der Waals surface area contributed by atoms with E-state index in [1.54, 1.807) is 13.1 Å². The van der Waals surface area contributed by atoms with Crippen LogP contribution < -0.4 is 5.43 Å². The number of phenols is 4. The van der Waals surface area contributed by atoms with Crippen molar-refractivity contribution in [3.8, 4) is 40.1 Å². The minimum Gasteiger partial charge on any atom is -0.507 e. The van der Waals surface area contributed by atoms with Crippen molar-refractivity contribution >= 4 is 16.9 Å². The van der Waals surface area contributed by atoms with Gasteiger partial charge in [0.05, 0.1) is 13.5 Å². The van der Waals surface area contributed by atoms with E-state index in [0.29, 0.717) is 5.69 Å². The number of rotatable bonds is 5. The molecule has 4 aromatic rings. The molecule has 2 aromatic carbocycles. The van der Waals surface area contributed by atoms with Crippen molar-refractivity contribution in [3.05, 3.63) is 58.0 Å². The average molecular weight is 468 g/mol. The van der Waals surface area contributed by atoms with E-state index in [-0.39, 0.29) is 28.9 Å². The number of benzene rings is 2. The maximum absolute atomic E-state index is 13.0. The Morgan fingerprint density at radius 2 is 1.79 bits per heavy atom. The molecule has 2 aromatic heterocycles. The quantitative estimate of drug-likeness (QED) is 0.216. The van der Waals surface area contributed by atoms with Gasteiger partial charge in [-0.2, -0.15) is 5.10 Å². The van der Waals surface area contributed by atoms with E-state index < -0.39 is 51.4 Å². The van der Waals surface area contributed by atoms with Crippen LogP contribution in [0.1, 0.15) is 23.6 Å². The monoisotopic (exact) mass is 468 g/mol. The third kappa shape index (κ3) is 3.62. The Morgan fingerprint density at radius 1 is 1.06 bits per heavy atom. The van der Waals surface area contributed by atoms with E-state index >= 15 is 0 Å². The van der Waals surface area contributed by atoms with Crippen LogP contribution in [-0.4, -0.2) is 48.4 Å². The number of methoxy groups -OCH3 is 1. The molecular weight excluding hydrogens is 448 g/mol. The fourth-order valence-corrected chi connectivity index (χ4v) is 3.87. The van der Waals surface area contributed by atoms with E-state index in [9.17, 15) is 35.1 Å². The summed E-state index contributed by atoms with van der Waals surface area (Å²) in [6, 6.07) is 6.00. The fraction of sp³-hybridized carbons (Fsp3) is 0.174. The lowest BCUT2D eigenvalue weighted by atomic mass is 9.89. The number of aryl methyl sites for hydroxylation is 1. The Morgan fingerprint density at radius 3 is 2.41 bits per heavy atom. The normalized spacial score (nSPS) is 12.1. The molecule has 0 amide bonds. The molecule has 4 rings (SSSR count). The standard InChI is InChI=1S/C23H20N2O9/c1-25-12(5-6-24-25)11(8-17(30)33-2)18-15(28)9-16(29)19-20(31)21(32)22(34-23(18)19)10-3-4-13(26)14(27)7-10/h3-7,9,11,26-29,32H,8H2,1-2H3. The molecule has 1 unspecified atom stereocenters. The predicted octanol–water partition coefficient (Wildman–Crippen LogP) is 2.42. The summed E-state index contributed by atoms with van der Waals surface area (Å²) in [6.07, 6.45) is 1.20. The molecular formula is C23H20N2O9. The van der Waals surface area contributed by atoms with Crippen LogP contribution in [0.2, 0.25) is 0 Å². The van der Waals surface area contributed by atoms with E-state index in [1.165, 1.54) is 24.1 Å². The van der Waals surface area contributed by atoms with Crippen LogP contribution >= 0.6 is 0 Å². The largest absolute Gasteiger partial charge is 0.507 e. The number of fused-ring (bicyclic) bond motifs is 1. The highest BCUT2D eigenvalue weighted by molar-refractivity contribution is 5.92. The second kappa shape index (κ2) is 8.35. The smallest absolute Gasteiger partial charge is 0.306 e. The molecule has 0 radical (unpaired) electrons. The zero-order chi connectivity index (χ0) is 24.7. The van der Waals surface area contributed by atoms with Crippen molar-refractivity contribution < 1.29 is 39.5 Å². The predicted molar refractivity (Wildman–Crippen MR) is 118 cm³/mol. The van der Waals surface area contributed by atoms with Gasteiger partial charge in [0, 0.05) is 42.0 Å². The van der Waals surface area contributed by atoms with Gasteiger partial charge < -0.3 is 34.7 Å². The first-order valence-electron chi connectivity index (χ1n) is 9.95. The van der Waals surface area contributed by atoms with Gasteiger partial charge in [-0.1, -0.05) is 0 Å². The highest BCUT2D eigenvalue weighted by Crippen LogP contribution is 2.44. The SMILES string of the molecule is COC(=O)CC(c1c(O)cc(O)c2c(=O)c(O)c(-c3ccc(O)c(O)c3)oc12)c1ccnn1C. The summed E-state index contributed by atoms with van der Waals surface area (Å²) in [5.74, 6) is -4.90. The van der Waals surface area contributed by atoms with Gasteiger partial charge in [0.1, 0.15) is 22.5 Å². The zero-order valence-electron chi connectivity index (χ0n) is 18.0. The maximum atomic E-state index is 13.0. The van der Waals surface area contributed by atoms with E-state index in [0.717, 1.165) is 18.2 Å². The number of esters is 1. The van der Waals surface area contributed by atoms with Crippen molar-refractivity contribution in [3.63, 3.8) is 0 Å². The second-order valence-electron chi connectivity index (χ2n) is 7.56. The summed E-state index contributed by atoms with van der Waals surface area (Å²) < 4.78 is 12.1. The lowest BCUT2D eigenvalue weighted by Gasteiger charge is -2.20. The number of aromatic nitrogens is 2. The summed E-state index contributed by atoms with van der Waals surface area (Å²) in [6.45, 7) is 0. The van der Waals surface area contributed by atoms with Crippen LogP contribution in [0.5, 0.6) is 28.7 Å². The van der Waals surface area contributed by atoms with Gasteiger partial charge in [0.15, 0.2) is 17.3 Å². The fourth-order valence-electron chi connectivity index (χ4n) is 3.87. The minimum absolute atomic E-state index is 0.0249. The summed E-state index contributed by atoms with van der Waals surface area (Å²) in [5, 5.41) is 54.8. The zero-order valence-corrected chi connectivity index (χ0v) is 18.0. The Bertz CT molecular complexity index is 1490. The average Bonchev–Trinajstić information content (AvgIpc) is 3.22. The highest BCUT2D eigenvalue weighted by atomic mass is 16.5. The van der Waals surface area contributed by atoms with Crippen LogP contribution in [0.3, 0.4) is 0 Å². The second-order valence-corrected chi connectivity index (χ2v) is 7.56. The van der Waals surface area contributed by atoms with Gasteiger partial charge in [-0.05, 0) is 24.3 Å². The number of carbonyl (C=O) groups excluding carboxylic acids is 1. The molecule has 0 aliphatic carbocycles. The number of hydrogen-bond donors (Lipinski definition) is 5. The van der Waals surface area contributed by atoms with Gasteiger partial charge in [-0.3, -0.25) is 14.3 Å². The van der Waals surface area contributed by atoms with Gasteiger partial charge >= 0.3 is 5.97 Å². The maximum Gasteiger partial charge on any atom is 0.306 e. The van der Waals surface area contributed by atoms with Crippen LogP contribution in [0.15, 0.2) is 45.7 Å². The van der Waals surface area contributed by atoms with Gasteiger partial charge in [0.2, 0.25) is 11.2 Å². The molecule has 0 saturated heterocycles. The molecule has 5 N–H and O–H groups in total. The van der Waals surface area contributed by atoms with Gasteiger partial charge in [0.25, 0.3) is 0 Å². The summed E-state index contributed by atoms with van der Waals surface area (Å²) in [7, 11) is 2.82. The molecule has 1 atom stereocenters. The summed E-state index contributed by atoms with van der Waals surface area (Å²) in [4.78, 5) is 25.3. The number of hydrogen-bond acceptors (Lipinski definition) is 10. The minimum atomic E-state index is -1.01. The van der Waals surface area contributed by atoms with E-state index in [1.807, 2.05) is 0 Å². The first kappa shape index (κ1) is 22.5. The topological polar surface area (TPSA) is 175 Å². The molecule has 0 aliphatic rings. The van der Waals surface area contributed by atoms with Crippen LogP contribution in [-0.2, 0) is 16.6 Å². The van der Waals surface area contributed by atoms with Crippen molar-refractivity contribution in [1.82, 2.24) is 9.78 Å². The molecule has 0 fully saturated rings. The van der Waals surface area contributed by atoms with Crippen molar-refractivity contribution in [2.24, 2.45) is 7.05 Å². The Labute approximate surface area is 191 Å². The lowest BCUT2D eigenvalue weighted by Crippen LogP contribution is -2.15. The molecule has 11 heteroatoms. The van der Waals surface area contributed by atoms with Crippen LogP contribution in [0, 0.1) is 0 Å². The first-order chi connectivity index (χ1) is 16.1. The summed E-state index contributed by atoms with van der Waals surface area (Å²) >= 11 is 0. The Kier molecular flexibility index (Phi) is 5.53. The third-order valence-electron chi connectivity index (χ3n) is 5.54. The summed E-state index contributed by atoms with van der Waals surface area (Å²) in [5.41, 5.74) is -0.830. The molecule has 176 valence electrons. The van der Waals surface area contributed by atoms with Crippen molar-refractivity contribution in [2.45, 2.75) is 12.3 Å². The third-order valence-corrected chi connectivity index (χ3v) is 5.54.